The Morgan fingerprint density at radius 3 is 2.60 bits per heavy atom. The third-order valence-electron chi connectivity index (χ3n) is 4.74. The van der Waals surface area contributed by atoms with Crippen LogP contribution in [0.3, 0.4) is 0 Å². The lowest BCUT2D eigenvalue weighted by Gasteiger charge is -2.30. The molecule has 0 amide bonds. The number of carbonyl (C=O) groups excluding carboxylic acids is 2. The molecule has 0 saturated heterocycles. The Hall–Kier alpha value is -3.03. The van der Waals surface area contributed by atoms with Crippen molar-refractivity contribution in [1.29, 1.82) is 0 Å². The SMILES string of the molecule is COC(=O)C1(C(=O)OC)Cc2conc2C1c1ccc2c(c1)OCO2. The van der Waals surface area contributed by atoms with Crippen molar-refractivity contribution in [3.63, 3.8) is 0 Å². The summed E-state index contributed by atoms with van der Waals surface area (Å²) < 4.78 is 25.7. The monoisotopic (exact) mass is 345 g/mol. The van der Waals surface area contributed by atoms with E-state index in [2.05, 4.69) is 5.16 Å². The summed E-state index contributed by atoms with van der Waals surface area (Å²) in [5.41, 5.74) is 0.270. The van der Waals surface area contributed by atoms with Gasteiger partial charge in [-0.1, -0.05) is 11.2 Å². The molecule has 1 aromatic heterocycles. The van der Waals surface area contributed by atoms with Gasteiger partial charge in [-0.3, -0.25) is 9.59 Å². The van der Waals surface area contributed by atoms with E-state index in [1.807, 2.05) is 0 Å². The summed E-state index contributed by atoms with van der Waals surface area (Å²) in [6.45, 7) is 0.123. The van der Waals surface area contributed by atoms with Crippen LogP contribution in [-0.4, -0.2) is 38.1 Å². The molecule has 130 valence electrons. The summed E-state index contributed by atoms with van der Waals surface area (Å²) in [5.74, 6) is -0.933. The molecule has 2 heterocycles. The number of fused-ring (bicyclic) bond motifs is 2. The second-order valence-electron chi connectivity index (χ2n) is 5.90. The van der Waals surface area contributed by atoms with Crippen LogP contribution < -0.4 is 9.47 Å². The minimum atomic E-state index is -1.56. The largest absolute Gasteiger partial charge is 0.468 e. The first-order chi connectivity index (χ1) is 12.1. The zero-order valence-electron chi connectivity index (χ0n) is 13.6. The number of ether oxygens (including phenoxy) is 4. The van der Waals surface area contributed by atoms with Crippen LogP contribution >= 0.6 is 0 Å². The van der Waals surface area contributed by atoms with Crippen LogP contribution in [0.15, 0.2) is 29.0 Å². The van der Waals surface area contributed by atoms with Crippen LogP contribution in [-0.2, 0) is 25.5 Å². The van der Waals surface area contributed by atoms with Gasteiger partial charge in [0.1, 0.15) is 6.26 Å². The maximum Gasteiger partial charge on any atom is 0.324 e. The molecule has 0 spiro atoms. The second-order valence-corrected chi connectivity index (χ2v) is 5.90. The molecule has 8 nitrogen and oxygen atoms in total. The second kappa shape index (κ2) is 5.51. The Morgan fingerprint density at radius 1 is 1.16 bits per heavy atom. The Morgan fingerprint density at radius 2 is 1.88 bits per heavy atom. The fourth-order valence-corrected chi connectivity index (χ4v) is 3.63. The van der Waals surface area contributed by atoms with E-state index in [0.29, 0.717) is 28.3 Å². The van der Waals surface area contributed by atoms with Gasteiger partial charge in [-0.15, -0.1) is 0 Å². The molecular formula is C17H15NO7. The first-order valence-corrected chi connectivity index (χ1v) is 7.61. The molecule has 0 saturated carbocycles. The van der Waals surface area contributed by atoms with Crippen molar-refractivity contribution in [2.45, 2.75) is 12.3 Å². The third-order valence-corrected chi connectivity index (χ3v) is 4.74. The molecule has 2 aromatic rings. The molecule has 1 aliphatic carbocycles. The molecule has 0 radical (unpaired) electrons. The zero-order chi connectivity index (χ0) is 17.6. The fraction of sp³-hybridized carbons (Fsp3) is 0.353. The van der Waals surface area contributed by atoms with Crippen molar-refractivity contribution in [3.05, 3.63) is 41.3 Å². The zero-order valence-corrected chi connectivity index (χ0v) is 13.6. The maximum atomic E-state index is 12.7. The van der Waals surface area contributed by atoms with Gasteiger partial charge in [-0.2, -0.15) is 0 Å². The first-order valence-electron chi connectivity index (χ1n) is 7.61. The first kappa shape index (κ1) is 15.5. The quantitative estimate of drug-likeness (QED) is 0.609. The Bertz CT molecular complexity index is 840. The number of carbonyl (C=O) groups is 2. The normalized spacial score (nSPS) is 19.4. The van der Waals surface area contributed by atoms with Gasteiger partial charge in [0, 0.05) is 12.0 Å². The number of esters is 2. The van der Waals surface area contributed by atoms with Gasteiger partial charge in [-0.05, 0) is 17.7 Å². The smallest absolute Gasteiger partial charge is 0.324 e. The fourth-order valence-electron chi connectivity index (χ4n) is 3.63. The van der Waals surface area contributed by atoms with Crippen molar-refractivity contribution in [2.24, 2.45) is 5.41 Å². The van der Waals surface area contributed by atoms with Crippen LogP contribution in [0.2, 0.25) is 0 Å². The number of aromatic nitrogens is 1. The number of methoxy groups -OCH3 is 2. The standard InChI is InChI=1S/C17H15NO7/c1-21-15(19)17(16(20)22-2)6-10-7-25-18-14(10)13(17)9-3-4-11-12(5-9)24-8-23-11/h3-5,7,13H,6,8H2,1-2H3. The maximum absolute atomic E-state index is 12.7. The molecular weight excluding hydrogens is 330 g/mol. The molecule has 0 bridgehead atoms. The Balaban J connectivity index is 1.91. The lowest BCUT2D eigenvalue weighted by Crippen LogP contribution is -2.45. The van der Waals surface area contributed by atoms with Crippen molar-refractivity contribution in [1.82, 2.24) is 5.16 Å². The number of benzene rings is 1. The van der Waals surface area contributed by atoms with Gasteiger partial charge < -0.3 is 23.5 Å². The molecule has 0 fully saturated rings. The lowest BCUT2D eigenvalue weighted by atomic mass is 9.73. The van der Waals surface area contributed by atoms with Gasteiger partial charge in [-0.25, -0.2) is 0 Å². The van der Waals surface area contributed by atoms with E-state index in [4.69, 9.17) is 23.5 Å². The van der Waals surface area contributed by atoms with Crippen molar-refractivity contribution < 1.29 is 33.1 Å². The molecule has 25 heavy (non-hydrogen) atoms. The topological polar surface area (TPSA) is 97.1 Å². The van der Waals surface area contributed by atoms with Gasteiger partial charge in [0.2, 0.25) is 6.79 Å². The highest BCUT2D eigenvalue weighted by Gasteiger charge is 2.61. The lowest BCUT2D eigenvalue weighted by molar-refractivity contribution is -0.169. The summed E-state index contributed by atoms with van der Waals surface area (Å²) in [6.07, 6.45) is 1.52. The molecule has 1 atom stereocenters. The highest BCUT2D eigenvalue weighted by atomic mass is 16.7. The number of hydrogen-bond donors (Lipinski definition) is 0. The highest BCUT2D eigenvalue weighted by Crippen LogP contribution is 2.53. The van der Waals surface area contributed by atoms with Crippen LogP contribution in [0.1, 0.15) is 22.7 Å². The van der Waals surface area contributed by atoms with Gasteiger partial charge >= 0.3 is 11.9 Å². The molecule has 8 heteroatoms. The van der Waals surface area contributed by atoms with E-state index in [9.17, 15) is 9.59 Å². The average Bonchev–Trinajstić information content (AvgIpc) is 3.33. The minimum Gasteiger partial charge on any atom is -0.468 e. The van der Waals surface area contributed by atoms with E-state index < -0.39 is 23.3 Å². The van der Waals surface area contributed by atoms with E-state index in [1.54, 1.807) is 18.2 Å². The van der Waals surface area contributed by atoms with Crippen LogP contribution in [0, 0.1) is 5.41 Å². The Kier molecular flexibility index (Phi) is 3.41. The Labute approximate surface area is 142 Å². The minimum absolute atomic E-state index is 0.0876. The van der Waals surface area contributed by atoms with E-state index >= 15 is 0 Å². The van der Waals surface area contributed by atoms with E-state index in [0.717, 1.165) is 0 Å². The van der Waals surface area contributed by atoms with Crippen LogP contribution in [0.5, 0.6) is 11.5 Å². The van der Waals surface area contributed by atoms with E-state index in [-0.39, 0.29) is 13.2 Å². The predicted molar refractivity (Wildman–Crippen MR) is 81.1 cm³/mol. The molecule has 1 aliphatic heterocycles. The van der Waals surface area contributed by atoms with E-state index in [1.165, 1.54) is 20.5 Å². The average molecular weight is 345 g/mol. The van der Waals surface area contributed by atoms with Crippen LogP contribution in [0.4, 0.5) is 0 Å². The van der Waals surface area contributed by atoms with Gasteiger partial charge in [0.05, 0.1) is 25.8 Å². The highest BCUT2D eigenvalue weighted by molar-refractivity contribution is 6.03. The molecule has 0 N–H and O–H groups in total. The van der Waals surface area contributed by atoms with Crippen molar-refractivity contribution in [2.75, 3.05) is 21.0 Å². The van der Waals surface area contributed by atoms with Gasteiger partial charge in [0.25, 0.3) is 0 Å². The van der Waals surface area contributed by atoms with Gasteiger partial charge in [0.15, 0.2) is 16.9 Å². The summed E-state index contributed by atoms with van der Waals surface area (Å²) in [5, 5.41) is 4.01. The summed E-state index contributed by atoms with van der Waals surface area (Å²) in [6, 6.07) is 5.23. The molecule has 2 aliphatic rings. The molecule has 1 aromatic carbocycles. The van der Waals surface area contributed by atoms with Crippen molar-refractivity contribution in [3.8, 4) is 11.5 Å². The predicted octanol–water partition coefficient (Wildman–Crippen LogP) is 1.42. The number of hydrogen-bond acceptors (Lipinski definition) is 8. The van der Waals surface area contributed by atoms with Crippen LogP contribution in [0.25, 0.3) is 0 Å². The summed E-state index contributed by atoms with van der Waals surface area (Å²) >= 11 is 0. The summed E-state index contributed by atoms with van der Waals surface area (Å²) in [7, 11) is 2.48. The summed E-state index contributed by atoms with van der Waals surface area (Å²) in [4.78, 5) is 25.4. The van der Waals surface area contributed by atoms with Crippen molar-refractivity contribution >= 4 is 11.9 Å². The number of nitrogens with zero attached hydrogens (tertiary/aromatic N) is 1. The third kappa shape index (κ3) is 2.03. The molecule has 4 rings (SSSR count). The molecule has 1 unspecified atom stereocenters. The number of rotatable bonds is 3.